The Labute approximate surface area is 169 Å². The van der Waals surface area contributed by atoms with Crippen molar-refractivity contribution in [3.63, 3.8) is 0 Å². The molecule has 1 aromatic heterocycles. The Hall–Kier alpha value is -3.54. The van der Waals surface area contributed by atoms with Crippen LogP contribution < -0.4 is 15.8 Å². The fourth-order valence-electron chi connectivity index (χ4n) is 2.87. The van der Waals surface area contributed by atoms with Crippen LogP contribution in [-0.2, 0) is 6.54 Å². The number of amides is 2. The van der Waals surface area contributed by atoms with Crippen molar-refractivity contribution in [1.82, 2.24) is 5.32 Å². The first-order valence-electron chi connectivity index (χ1n) is 9.31. The number of nitrogens with one attached hydrogen (secondary N) is 1. The van der Waals surface area contributed by atoms with Gasteiger partial charge in [0.25, 0.3) is 0 Å². The van der Waals surface area contributed by atoms with Gasteiger partial charge in [0.15, 0.2) is 11.4 Å². The van der Waals surface area contributed by atoms with Crippen molar-refractivity contribution >= 4 is 11.7 Å². The van der Waals surface area contributed by atoms with Crippen LogP contribution in [0.15, 0.2) is 75.9 Å². The second-order valence-corrected chi connectivity index (χ2v) is 7.75. The van der Waals surface area contributed by atoms with E-state index in [-0.39, 0.29) is 23.7 Å². The van der Waals surface area contributed by atoms with Crippen molar-refractivity contribution in [2.75, 3.05) is 4.90 Å². The van der Waals surface area contributed by atoms with Gasteiger partial charge in [-0.1, -0.05) is 60.7 Å². The van der Waals surface area contributed by atoms with Crippen LogP contribution in [0, 0.1) is 0 Å². The zero-order valence-electron chi connectivity index (χ0n) is 16.7. The first kappa shape index (κ1) is 20.2. The zero-order valence-corrected chi connectivity index (χ0v) is 16.7. The fourth-order valence-corrected chi connectivity index (χ4v) is 2.87. The van der Waals surface area contributed by atoms with Crippen LogP contribution in [0.2, 0.25) is 0 Å². The third-order valence-electron chi connectivity index (χ3n) is 4.15. The molecule has 0 aliphatic carbocycles. The molecule has 0 atom stereocenters. The number of rotatable bonds is 4. The highest BCUT2D eigenvalue weighted by atomic mass is 16.4. The first-order valence-corrected chi connectivity index (χ1v) is 9.31. The molecule has 0 saturated heterocycles. The van der Waals surface area contributed by atoms with Gasteiger partial charge in [0.2, 0.25) is 0 Å². The number of urea groups is 1. The van der Waals surface area contributed by atoms with Crippen LogP contribution in [0.4, 0.5) is 10.5 Å². The normalized spacial score (nSPS) is 11.1. The molecular formula is C23H24N2O4. The van der Waals surface area contributed by atoms with E-state index in [0.717, 1.165) is 5.56 Å². The molecule has 1 heterocycles. The average molecular weight is 392 g/mol. The predicted molar refractivity (Wildman–Crippen MR) is 113 cm³/mol. The Morgan fingerprint density at radius 2 is 1.62 bits per heavy atom. The number of aromatic hydroxyl groups is 1. The van der Waals surface area contributed by atoms with Crippen LogP contribution >= 0.6 is 0 Å². The molecule has 2 aromatic carbocycles. The molecule has 0 radical (unpaired) electrons. The molecule has 3 rings (SSSR count). The molecule has 0 aliphatic heterocycles. The summed E-state index contributed by atoms with van der Waals surface area (Å²) in [6.07, 6.45) is 0. The molecule has 0 unspecified atom stereocenters. The van der Waals surface area contributed by atoms with Gasteiger partial charge in [-0.05, 0) is 26.3 Å². The minimum absolute atomic E-state index is 0.103. The monoisotopic (exact) mass is 392 g/mol. The van der Waals surface area contributed by atoms with Crippen molar-refractivity contribution in [2.45, 2.75) is 32.9 Å². The topological polar surface area (TPSA) is 82.8 Å². The van der Waals surface area contributed by atoms with Gasteiger partial charge in [0.1, 0.15) is 5.76 Å². The van der Waals surface area contributed by atoms with Gasteiger partial charge < -0.3 is 14.8 Å². The molecule has 0 aliphatic rings. The van der Waals surface area contributed by atoms with Crippen molar-refractivity contribution in [1.29, 1.82) is 0 Å². The second-order valence-electron chi connectivity index (χ2n) is 7.75. The third kappa shape index (κ3) is 5.04. The smallest absolute Gasteiger partial charge is 0.364 e. The van der Waals surface area contributed by atoms with E-state index in [0.29, 0.717) is 5.56 Å². The molecule has 0 fully saturated rings. The number of hydrogen-bond acceptors (Lipinski definition) is 4. The van der Waals surface area contributed by atoms with E-state index in [2.05, 4.69) is 5.32 Å². The molecule has 2 N–H and O–H groups in total. The van der Waals surface area contributed by atoms with Gasteiger partial charge in [-0.15, -0.1) is 0 Å². The van der Waals surface area contributed by atoms with Crippen LogP contribution in [-0.4, -0.2) is 16.7 Å². The van der Waals surface area contributed by atoms with Gasteiger partial charge in [0.05, 0.1) is 6.54 Å². The number of carbonyl (C=O) groups excluding carboxylic acids is 1. The lowest BCUT2D eigenvalue weighted by molar-refractivity contribution is 0.237. The van der Waals surface area contributed by atoms with Crippen LogP contribution in [0.1, 0.15) is 26.3 Å². The van der Waals surface area contributed by atoms with Crippen LogP contribution in [0.5, 0.6) is 5.75 Å². The van der Waals surface area contributed by atoms with Crippen molar-refractivity contribution in [3.8, 4) is 17.1 Å². The number of benzene rings is 2. The van der Waals surface area contributed by atoms with E-state index in [4.69, 9.17) is 4.42 Å². The lowest BCUT2D eigenvalue weighted by atomic mass is 10.1. The molecule has 6 heteroatoms. The summed E-state index contributed by atoms with van der Waals surface area (Å²) in [6.45, 7) is 5.62. The van der Waals surface area contributed by atoms with Gasteiger partial charge in [0, 0.05) is 17.2 Å². The van der Waals surface area contributed by atoms with E-state index in [9.17, 15) is 14.7 Å². The maximum atomic E-state index is 12.9. The summed E-state index contributed by atoms with van der Waals surface area (Å²) in [5.41, 5.74) is -0.0481. The summed E-state index contributed by atoms with van der Waals surface area (Å²) in [5, 5.41) is 13.5. The van der Waals surface area contributed by atoms with Gasteiger partial charge in [-0.2, -0.15) is 0 Å². The van der Waals surface area contributed by atoms with Crippen molar-refractivity contribution in [3.05, 3.63) is 82.7 Å². The summed E-state index contributed by atoms with van der Waals surface area (Å²) in [6, 6.07) is 19.1. The molecule has 6 nitrogen and oxygen atoms in total. The molecule has 150 valence electrons. The Balaban J connectivity index is 2.05. The molecule has 0 spiro atoms. The number of nitrogens with zero attached hydrogens (tertiary/aromatic N) is 1. The second kappa shape index (κ2) is 8.22. The summed E-state index contributed by atoms with van der Waals surface area (Å²) in [4.78, 5) is 26.9. The minimum atomic E-state index is -0.788. The van der Waals surface area contributed by atoms with E-state index < -0.39 is 17.2 Å². The lowest BCUT2D eigenvalue weighted by Gasteiger charge is -2.28. The molecule has 0 bridgehead atoms. The zero-order chi connectivity index (χ0) is 21.0. The minimum Gasteiger partial charge on any atom is -0.505 e. The highest BCUT2D eigenvalue weighted by Gasteiger charge is 2.27. The largest absolute Gasteiger partial charge is 0.505 e. The number of hydrogen-bond donors (Lipinski definition) is 2. The van der Waals surface area contributed by atoms with Crippen molar-refractivity contribution < 1.29 is 14.3 Å². The molecule has 3 aromatic rings. The first-order chi connectivity index (χ1) is 13.7. The van der Waals surface area contributed by atoms with Crippen LogP contribution in [0.3, 0.4) is 0 Å². The SMILES string of the molecule is CC(C)(C)NC(=O)N(Cc1ccccc1)c1c(O)cc(-c2ccccc2)oc1=O. The Morgan fingerprint density at radius 3 is 2.17 bits per heavy atom. The number of anilines is 1. The van der Waals surface area contributed by atoms with Gasteiger partial charge >= 0.3 is 11.7 Å². The van der Waals surface area contributed by atoms with E-state index in [1.165, 1.54) is 11.0 Å². The number of carbonyl (C=O) groups is 1. The summed E-state index contributed by atoms with van der Waals surface area (Å²) in [5.74, 6) is -0.0900. The van der Waals surface area contributed by atoms with Gasteiger partial charge in [-0.25, -0.2) is 9.59 Å². The molecular weight excluding hydrogens is 368 g/mol. The quantitative estimate of drug-likeness (QED) is 0.683. The Kier molecular flexibility index (Phi) is 5.73. The maximum Gasteiger partial charge on any atom is 0.364 e. The van der Waals surface area contributed by atoms with E-state index in [1.807, 2.05) is 57.2 Å². The third-order valence-corrected chi connectivity index (χ3v) is 4.15. The fraction of sp³-hybridized carbons (Fsp3) is 0.217. The van der Waals surface area contributed by atoms with Crippen LogP contribution in [0.25, 0.3) is 11.3 Å². The predicted octanol–water partition coefficient (Wildman–Crippen LogP) is 4.53. The summed E-state index contributed by atoms with van der Waals surface area (Å²) in [7, 11) is 0. The van der Waals surface area contributed by atoms with Gasteiger partial charge in [-0.3, -0.25) is 4.90 Å². The Morgan fingerprint density at radius 1 is 1.03 bits per heavy atom. The summed E-state index contributed by atoms with van der Waals surface area (Å²) < 4.78 is 5.44. The van der Waals surface area contributed by atoms with E-state index in [1.54, 1.807) is 24.3 Å². The molecule has 0 saturated carbocycles. The Bertz CT molecular complexity index is 1040. The maximum absolute atomic E-state index is 12.9. The standard InChI is InChI=1S/C23H24N2O4/c1-23(2,3)24-22(28)25(15-16-10-6-4-7-11-16)20-18(26)14-19(29-21(20)27)17-12-8-5-9-13-17/h4-14,26H,15H2,1-3H3,(H,24,28). The average Bonchev–Trinajstić information content (AvgIpc) is 2.67. The lowest BCUT2D eigenvalue weighted by Crippen LogP contribution is -2.49. The molecule has 2 amide bonds. The summed E-state index contributed by atoms with van der Waals surface area (Å²) >= 11 is 0. The highest BCUT2D eigenvalue weighted by Crippen LogP contribution is 2.30. The highest BCUT2D eigenvalue weighted by molar-refractivity contribution is 5.93. The van der Waals surface area contributed by atoms with Crippen molar-refractivity contribution in [2.24, 2.45) is 0 Å². The molecule has 29 heavy (non-hydrogen) atoms. The van der Waals surface area contributed by atoms with E-state index >= 15 is 0 Å².